The first kappa shape index (κ1) is 13.2. The molecule has 0 unspecified atom stereocenters. The molecule has 0 bridgehead atoms. The number of esters is 1. The van der Waals surface area contributed by atoms with E-state index in [1.807, 2.05) is 5.92 Å². The molecule has 0 heterocycles. The fraction of sp³-hybridized carbons (Fsp3) is 0.308. The lowest BCUT2D eigenvalue weighted by molar-refractivity contribution is -0.0462. The second kappa shape index (κ2) is 6.04. The van der Waals surface area contributed by atoms with Crippen molar-refractivity contribution in [1.29, 1.82) is 0 Å². The third-order valence-corrected chi connectivity index (χ3v) is 2.28. The van der Waals surface area contributed by atoms with Crippen LogP contribution in [-0.4, -0.2) is 34.5 Å². The summed E-state index contributed by atoms with van der Waals surface area (Å²) in [6.07, 6.45) is 1.42. The maximum Gasteiger partial charge on any atom is 0.338 e. The molecule has 0 fully saturated rings. The Hall–Kier alpha value is -1.83. The molecule has 0 aromatic heterocycles. The topological polar surface area (TPSA) is 66.8 Å². The number of benzene rings is 1. The molecule has 0 spiro atoms. The molecule has 0 aliphatic heterocycles. The normalized spacial score (nSPS) is 15.4. The maximum absolute atomic E-state index is 11.6. The molecular weight excluding hydrogens is 220 g/mol. The van der Waals surface area contributed by atoms with Gasteiger partial charge in [0.25, 0.3) is 0 Å². The number of carbonyl (C=O) groups excluding carboxylic acids is 1. The number of carbonyl (C=O) groups is 1. The summed E-state index contributed by atoms with van der Waals surface area (Å²) < 4.78 is 4.98. The molecule has 3 atom stereocenters. The Morgan fingerprint density at radius 3 is 2.47 bits per heavy atom. The lowest BCUT2D eigenvalue weighted by atomic mass is 10.1. The highest BCUT2D eigenvalue weighted by Crippen LogP contribution is 2.08. The van der Waals surface area contributed by atoms with Crippen LogP contribution in [0.3, 0.4) is 0 Å². The SMILES string of the molecule is C#C[C@@H](O)[C@H](O)[C@@H](C)OC(=O)c1ccccc1. The van der Waals surface area contributed by atoms with Crippen molar-refractivity contribution in [2.45, 2.75) is 25.2 Å². The van der Waals surface area contributed by atoms with Crippen molar-refractivity contribution < 1.29 is 19.7 Å². The van der Waals surface area contributed by atoms with E-state index in [0.29, 0.717) is 5.56 Å². The third-order valence-electron chi connectivity index (χ3n) is 2.28. The van der Waals surface area contributed by atoms with Crippen LogP contribution in [0.15, 0.2) is 30.3 Å². The van der Waals surface area contributed by atoms with E-state index in [-0.39, 0.29) is 0 Å². The number of hydrogen-bond donors (Lipinski definition) is 2. The van der Waals surface area contributed by atoms with E-state index in [2.05, 4.69) is 0 Å². The minimum atomic E-state index is -1.35. The van der Waals surface area contributed by atoms with Crippen molar-refractivity contribution in [3.63, 3.8) is 0 Å². The van der Waals surface area contributed by atoms with Crippen LogP contribution in [0.5, 0.6) is 0 Å². The zero-order valence-corrected chi connectivity index (χ0v) is 9.41. The molecule has 17 heavy (non-hydrogen) atoms. The van der Waals surface area contributed by atoms with E-state index in [9.17, 15) is 15.0 Å². The van der Waals surface area contributed by atoms with Crippen molar-refractivity contribution in [3.05, 3.63) is 35.9 Å². The van der Waals surface area contributed by atoms with Gasteiger partial charge in [-0.05, 0) is 19.1 Å². The minimum Gasteiger partial charge on any atom is -0.456 e. The monoisotopic (exact) mass is 234 g/mol. The smallest absolute Gasteiger partial charge is 0.338 e. The summed E-state index contributed by atoms with van der Waals surface area (Å²) in [7, 11) is 0. The molecule has 2 N–H and O–H groups in total. The Balaban J connectivity index is 2.61. The van der Waals surface area contributed by atoms with Crippen molar-refractivity contribution >= 4 is 5.97 Å². The third kappa shape index (κ3) is 3.59. The Labute approximate surface area is 99.8 Å². The first-order valence-electron chi connectivity index (χ1n) is 5.14. The van der Waals surface area contributed by atoms with Gasteiger partial charge in [-0.3, -0.25) is 0 Å². The summed E-state index contributed by atoms with van der Waals surface area (Å²) in [6.45, 7) is 1.46. The van der Waals surface area contributed by atoms with Gasteiger partial charge in [-0.2, -0.15) is 0 Å². The molecular formula is C13H14O4. The number of ether oxygens (including phenoxy) is 1. The summed E-state index contributed by atoms with van der Waals surface area (Å²) in [5.74, 6) is 1.40. The van der Waals surface area contributed by atoms with Gasteiger partial charge in [-0.15, -0.1) is 6.42 Å². The van der Waals surface area contributed by atoms with Crippen LogP contribution in [-0.2, 0) is 4.74 Å². The first-order valence-corrected chi connectivity index (χ1v) is 5.14. The van der Waals surface area contributed by atoms with Crippen molar-refractivity contribution in [2.24, 2.45) is 0 Å². The van der Waals surface area contributed by atoms with E-state index in [1.54, 1.807) is 30.3 Å². The highest BCUT2D eigenvalue weighted by atomic mass is 16.6. The Bertz CT molecular complexity index is 407. The quantitative estimate of drug-likeness (QED) is 0.591. The zero-order valence-electron chi connectivity index (χ0n) is 9.41. The first-order chi connectivity index (χ1) is 8.06. The van der Waals surface area contributed by atoms with Crippen molar-refractivity contribution in [2.75, 3.05) is 0 Å². The predicted molar refractivity (Wildman–Crippen MR) is 62.2 cm³/mol. The van der Waals surface area contributed by atoms with Gasteiger partial charge < -0.3 is 14.9 Å². The highest BCUT2D eigenvalue weighted by Gasteiger charge is 2.24. The van der Waals surface area contributed by atoms with Crippen LogP contribution < -0.4 is 0 Å². The number of rotatable bonds is 4. The van der Waals surface area contributed by atoms with Crippen molar-refractivity contribution in [1.82, 2.24) is 0 Å². The molecule has 0 aliphatic carbocycles. The summed E-state index contributed by atoms with van der Waals surface area (Å²) in [5, 5.41) is 18.7. The number of aliphatic hydroxyl groups excluding tert-OH is 2. The molecule has 1 aromatic rings. The van der Waals surface area contributed by atoms with Gasteiger partial charge in [0.15, 0.2) is 0 Å². The highest BCUT2D eigenvalue weighted by molar-refractivity contribution is 5.89. The van der Waals surface area contributed by atoms with Gasteiger partial charge in [0.2, 0.25) is 0 Å². The summed E-state index contributed by atoms with van der Waals surface area (Å²) in [5.41, 5.74) is 0.377. The van der Waals surface area contributed by atoms with E-state index >= 15 is 0 Å². The van der Waals surface area contributed by atoms with Gasteiger partial charge in [0, 0.05) is 0 Å². The van der Waals surface area contributed by atoms with E-state index in [1.165, 1.54) is 6.92 Å². The van der Waals surface area contributed by atoms with Gasteiger partial charge in [0.1, 0.15) is 18.3 Å². The predicted octanol–water partition coefficient (Wildman–Crippen LogP) is 0.587. The average Bonchev–Trinajstić information content (AvgIpc) is 2.37. The lowest BCUT2D eigenvalue weighted by Gasteiger charge is -2.20. The number of terminal acetylenes is 1. The van der Waals surface area contributed by atoms with Crippen LogP contribution in [0.25, 0.3) is 0 Å². The standard InChI is InChI=1S/C13H14O4/c1-3-11(14)12(15)9(2)17-13(16)10-7-5-4-6-8-10/h1,4-9,11-12,14-15H,2H3/t9-,11-,12-/m1/s1. The Morgan fingerprint density at radius 2 is 1.94 bits per heavy atom. The van der Waals surface area contributed by atoms with E-state index < -0.39 is 24.3 Å². The maximum atomic E-state index is 11.6. The minimum absolute atomic E-state index is 0.377. The van der Waals surface area contributed by atoms with Crippen LogP contribution in [0.1, 0.15) is 17.3 Å². The van der Waals surface area contributed by atoms with Gasteiger partial charge in [0.05, 0.1) is 5.56 Å². The largest absolute Gasteiger partial charge is 0.456 e. The second-order valence-electron chi connectivity index (χ2n) is 3.58. The van der Waals surface area contributed by atoms with Crippen LogP contribution in [0, 0.1) is 12.3 Å². The fourth-order valence-corrected chi connectivity index (χ4v) is 1.24. The van der Waals surface area contributed by atoms with Crippen LogP contribution in [0.2, 0.25) is 0 Å². The van der Waals surface area contributed by atoms with Crippen LogP contribution in [0.4, 0.5) is 0 Å². The lowest BCUT2D eigenvalue weighted by Crippen LogP contribution is -2.37. The molecule has 0 aliphatic rings. The Kier molecular flexibility index (Phi) is 4.70. The molecule has 0 radical (unpaired) electrons. The molecule has 4 nitrogen and oxygen atoms in total. The van der Waals surface area contributed by atoms with E-state index in [4.69, 9.17) is 11.2 Å². The molecule has 0 saturated carbocycles. The van der Waals surface area contributed by atoms with Crippen LogP contribution >= 0.6 is 0 Å². The van der Waals surface area contributed by atoms with Gasteiger partial charge in [-0.1, -0.05) is 24.1 Å². The van der Waals surface area contributed by atoms with Gasteiger partial charge >= 0.3 is 5.97 Å². The summed E-state index contributed by atoms with van der Waals surface area (Å²) in [6, 6.07) is 8.37. The van der Waals surface area contributed by atoms with Crippen molar-refractivity contribution in [3.8, 4) is 12.3 Å². The molecule has 90 valence electrons. The fourth-order valence-electron chi connectivity index (χ4n) is 1.24. The molecule has 4 heteroatoms. The number of aliphatic hydroxyl groups is 2. The molecule has 1 aromatic carbocycles. The average molecular weight is 234 g/mol. The molecule has 0 amide bonds. The Morgan fingerprint density at radius 1 is 1.35 bits per heavy atom. The number of hydrogen-bond acceptors (Lipinski definition) is 4. The summed E-state index contributed by atoms with van der Waals surface area (Å²) in [4.78, 5) is 11.6. The van der Waals surface area contributed by atoms with E-state index in [0.717, 1.165) is 0 Å². The second-order valence-corrected chi connectivity index (χ2v) is 3.58. The molecule has 0 saturated heterocycles. The zero-order chi connectivity index (χ0) is 12.8. The van der Waals surface area contributed by atoms with Gasteiger partial charge in [-0.25, -0.2) is 4.79 Å². The molecule has 1 rings (SSSR count). The summed E-state index contributed by atoms with van der Waals surface area (Å²) >= 11 is 0.